The van der Waals surface area contributed by atoms with Gasteiger partial charge in [-0.3, -0.25) is 0 Å². The molecule has 0 aliphatic carbocycles. The maximum atomic E-state index is 6.10. The number of halogens is 1. The third-order valence-electron chi connectivity index (χ3n) is 2.57. The quantitative estimate of drug-likeness (QED) is 0.586. The molecule has 1 aromatic heterocycles. The molecule has 3 aromatic rings. The molecule has 0 N–H and O–H groups in total. The lowest BCUT2D eigenvalue weighted by Crippen LogP contribution is -1.69. The zero-order valence-electron chi connectivity index (χ0n) is 8.48. The van der Waals surface area contributed by atoms with Crippen molar-refractivity contribution in [2.45, 2.75) is 0 Å². The van der Waals surface area contributed by atoms with Gasteiger partial charge in [-0.05, 0) is 18.2 Å². The highest BCUT2D eigenvalue weighted by Crippen LogP contribution is 2.31. The van der Waals surface area contributed by atoms with Crippen LogP contribution in [-0.2, 0) is 0 Å². The third kappa shape index (κ3) is 1.50. The highest BCUT2D eigenvalue weighted by molar-refractivity contribution is 6.35. The number of rotatable bonds is 1. The molecule has 0 amide bonds. The summed E-state index contributed by atoms with van der Waals surface area (Å²) in [6, 6.07) is 17.7. The maximum Gasteiger partial charge on any atom is 0.136 e. The summed E-state index contributed by atoms with van der Waals surface area (Å²) in [6.45, 7) is 0. The Hall–Kier alpha value is -1.73. The van der Waals surface area contributed by atoms with Gasteiger partial charge >= 0.3 is 0 Å². The van der Waals surface area contributed by atoms with Gasteiger partial charge in [-0.25, -0.2) is 0 Å². The first-order valence-corrected chi connectivity index (χ1v) is 5.46. The Labute approximate surface area is 98.3 Å². The van der Waals surface area contributed by atoms with E-state index in [9.17, 15) is 0 Å². The Morgan fingerprint density at radius 3 is 2.44 bits per heavy atom. The minimum Gasteiger partial charge on any atom is -0.456 e. The van der Waals surface area contributed by atoms with E-state index in [0.29, 0.717) is 0 Å². The van der Waals surface area contributed by atoms with Gasteiger partial charge in [0.15, 0.2) is 0 Å². The monoisotopic (exact) mass is 228 g/mol. The average molecular weight is 229 g/mol. The molecule has 0 unspecified atom stereocenters. The van der Waals surface area contributed by atoms with Crippen LogP contribution in [-0.4, -0.2) is 0 Å². The van der Waals surface area contributed by atoms with Crippen molar-refractivity contribution >= 4 is 22.6 Å². The van der Waals surface area contributed by atoms with Crippen molar-refractivity contribution in [3.8, 4) is 11.3 Å². The van der Waals surface area contributed by atoms with E-state index in [-0.39, 0.29) is 0 Å². The number of fused-ring (bicyclic) bond motifs is 1. The van der Waals surface area contributed by atoms with Crippen molar-refractivity contribution < 1.29 is 4.42 Å². The largest absolute Gasteiger partial charge is 0.456 e. The van der Waals surface area contributed by atoms with Crippen molar-refractivity contribution in [3.05, 3.63) is 59.6 Å². The number of benzene rings is 2. The van der Waals surface area contributed by atoms with E-state index in [1.807, 2.05) is 54.6 Å². The molecule has 0 aliphatic heterocycles. The standard InChI is InChI=1S/C14H9ClO/c15-12-7-4-8-13-11(12)9-14(16-13)10-5-2-1-3-6-10/h1-9H. The van der Waals surface area contributed by atoms with Crippen LogP contribution in [0.5, 0.6) is 0 Å². The van der Waals surface area contributed by atoms with Crippen LogP contribution >= 0.6 is 11.6 Å². The molecule has 0 bridgehead atoms. The number of hydrogen-bond acceptors (Lipinski definition) is 1. The summed E-state index contributed by atoms with van der Waals surface area (Å²) in [5, 5.41) is 1.69. The Morgan fingerprint density at radius 2 is 1.69 bits per heavy atom. The first-order chi connectivity index (χ1) is 7.84. The Kier molecular flexibility index (Phi) is 2.19. The summed E-state index contributed by atoms with van der Waals surface area (Å²) in [6.07, 6.45) is 0. The van der Waals surface area contributed by atoms with Crippen LogP contribution in [0.2, 0.25) is 5.02 Å². The lowest BCUT2D eigenvalue weighted by molar-refractivity contribution is 0.631. The Morgan fingerprint density at radius 1 is 0.875 bits per heavy atom. The highest BCUT2D eigenvalue weighted by atomic mass is 35.5. The van der Waals surface area contributed by atoms with Gasteiger partial charge in [0, 0.05) is 10.9 Å². The molecule has 0 radical (unpaired) electrons. The van der Waals surface area contributed by atoms with Crippen LogP contribution in [0.4, 0.5) is 0 Å². The van der Waals surface area contributed by atoms with Gasteiger partial charge in [0.05, 0.1) is 5.02 Å². The summed E-state index contributed by atoms with van der Waals surface area (Å²) in [5.41, 5.74) is 1.89. The predicted octanol–water partition coefficient (Wildman–Crippen LogP) is 4.75. The van der Waals surface area contributed by atoms with Gasteiger partial charge in [-0.1, -0.05) is 48.0 Å². The minimum atomic E-state index is 0.725. The molecule has 0 atom stereocenters. The zero-order chi connectivity index (χ0) is 11.0. The SMILES string of the molecule is Clc1cccc2oc(-c3ccccc3)cc12. The van der Waals surface area contributed by atoms with Gasteiger partial charge in [0.25, 0.3) is 0 Å². The van der Waals surface area contributed by atoms with Crippen LogP contribution in [0.15, 0.2) is 59.0 Å². The van der Waals surface area contributed by atoms with E-state index in [4.69, 9.17) is 16.0 Å². The van der Waals surface area contributed by atoms with Gasteiger partial charge in [-0.2, -0.15) is 0 Å². The number of furan rings is 1. The molecular weight excluding hydrogens is 220 g/mol. The molecule has 16 heavy (non-hydrogen) atoms. The molecule has 0 fully saturated rings. The van der Waals surface area contributed by atoms with Crippen molar-refractivity contribution in [2.75, 3.05) is 0 Å². The molecule has 1 nitrogen and oxygen atoms in total. The van der Waals surface area contributed by atoms with Crippen molar-refractivity contribution in [1.82, 2.24) is 0 Å². The fourth-order valence-corrected chi connectivity index (χ4v) is 1.99. The van der Waals surface area contributed by atoms with Crippen molar-refractivity contribution in [2.24, 2.45) is 0 Å². The second-order valence-corrected chi connectivity index (χ2v) is 4.04. The molecule has 2 aromatic carbocycles. The number of hydrogen-bond donors (Lipinski definition) is 0. The van der Waals surface area contributed by atoms with Crippen molar-refractivity contribution in [3.63, 3.8) is 0 Å². The summed E-state index contributed by atoms with van der Waals surface area (Å²) in [5.74, 6) is 0.851. The van der Waals surface area contributed by atoms with Crippen molar-refractivity contribution in [1.29, 1.82) is 0 Å². The fourth-order valence-electron chi connectivity index (χ4n) is 1.77. The highest BCUT2D eigenvalue weighted by Gasteiger charge is 2.07. The zero-order valence-corrected chi connectivity index (χ0v) is 9.24. The lowest BCUT2D eigenvalue weighted by atomic mass is 10.1. The van der Waals surface area contributed by atoms with Gasteiger partial charge < -0.3 is 4.42 Å². The first-order valence-electron chi connectivity index (χ1n) is 5.08. The third-order valence-corrected chi connectivity index (χ3v) is 2.90. The molecule has 3 rings (SSSR count). The smallest absolute Gasteiger partial charge is 0.136 e. The topological polar surface area (TPSA) is 13.1 Å². The van der Waals surface area contributed by atoms with Crippen LogP contribution in [0.1, 0.15) is 0 Å². The van der Waals surface area contributed by atoms with Crippen LogP contribution in [0.3, 0.4) is 0 Å². The maximum absolute atomic E-state index is 6.10. The molecule has 0 saturated carbocycles. The lowest BCUT2D eigenvalue weighted by Gasteiger charge is -1.93. The molecule has 78 valence electrons. The van der Waals surface area contributed by atoms with E-state index in [0.717, 1.165) is 27.3 Å². The molecule has 0 saturated heterocycles. The van der Waals surface area contributed by atoms with Crippen LogP contribution in [0.25, 0.3) is 22.3 Å². The molecule has 0 aliphatic rings. The van der Waals surface area contributed by atoms with Crippen LogP contribution < -0.4 is 0 Å². The van der Waals surface area contributed by atoms with Gasteiger partial charge in [-0.15, -0.1) is 0 Å². The van der Waals surface area contributed by atoms with E-state index in [1.165, 1.54) is 0 Å². The predicted molar refractivity (Wildman–Crippen MR) is 66.7 cm³/mol. The van der Waals surface area contributed by atoms with E-state index in [2.05, 4.69) is 0 Å². The first kappa shape index (κ1) is 9.49. The van der Waals surface area contributed by atoms with E-state index >= 15 is 0 Å². The summed E-state index contributed by atoms with van der Waals surface area (Å²) in [4.78, 5) is 0. The molecule has 0 spiro atoms. The van der Waals surface area contributed by atoms with E-state index < -0.39 is 0 Å². The summed E-state index contributed by atoms with van der Waals surface area (Å²) >= 11 is 6.10. The van der Waals surface area contributed by atoms with Gasteiger partial charge in [0.2, 0.25) is 0 Å². The fraction of sp³-hybridized carbons (Fsp3) is 0. The van der Waals surface area contributed by atoms with Gasteiger partial charge in [0.1, 0.15) is 11.3 Å². The summed E-state index contributed by atoms with van der Waals surface area (Å²) < 4.78 is 5.75. The minimum absolute atomic E-state index is 0.725. The second-order valence-electron chi connectivity index (χ2n) is 3.63. The van der Waals surface area contributed by atoms with Crippen LogP contribution in [0, 0.1) is 0 Å². The normalized spacial score (nSPS) is 10.8. The summed E-state index contributed by atoms with van der Waals surface area (Å²) in [7, 11) is 0. The molecule has 2 heteroatoms. The average Bonchev–Trinajstić information content (AvgIpc) is 2.76. The van der Waals surface area contributed by atoms with E-state index in [1.54, 1.807) is 0 Å². The molecule has 1 heterocycles. The Bertz CT molecular complexity index is 626. The second kappa shape index (κ2) is 3.69. The molecular formula is C14H9ClO. The Balaban J connectivity index is 2.23.